The van der Waals surface area contributed by atoms with E-state index >= 15 is 0 Å². The Morgan fingerprint density at radius 1 is 1.21 bits per heavy atom. The molecule has 0 saturated heterocycles. The molecule has 6 atom stereocenters. The van der Waals surface area contributed by atoms with Crippen molar-refractivity contribution in [3.8, 4) is 12.1 Å². The van der Waals surface area contributed by atoms with E-state index in [2.05, 4.69) is 32.5 Å². The van der Waals surface area contributed by atoms with Crippen LogP contribution in [0.3, 0.4) is 0 Å². The van der Waals surface area contributed by atoms with Crippen LogP contribution >= 0.6 is 0 Å². The van der Waals surface area contributed by atoms with Crippen LogP contribution in [0.25, 0.3) is 0 Å². The number of allylic oxidation sites excluding steroid dienone is 1. The molecule has 1 aromatic rings. The Morgan fingerprint density at radius 2 is 1.97 bits per heavy atom. The normalized spacial score (nSPS) is 30.4. The van der Waals surface area contributed by atoms with Gasteiger partial charge in [0, 0.05) is 36.3 Å². The fourth-order valence-corrected chi connectivity index (χ4v) is 7.99. The van der Waals surface area contributed by atoms with Crippen LogP contribution < -0.4 is 10.0 Å². The monoisotopic (exact) mass is 568 g/mol. The minimum Gasteiger partial charge on any atom is -0.330 e. The molecule has 2 saturated carbocycles. The van der Waals surface area contributed by atoms with Crippen molar-refractivity contribution < 1.29 is 26.4 Å². The van der Waals surface area contributed by atoms with Crippen molar-refractivity contribution in [1.82, 2.24) is 29.9 Å². The summed E-state index contributed by atoms with van der Waals surface area (Å²) in [6.45, 7) is 1.79. The van der Waals surface area contributed by atoms with E-state index in [1.54, 1.807) is 6.20 Å². The third kappa shape index (κ3) is 6.20. The fourth-order valence-electron chi connectivity index (χ4n) is 6.16. The van der Waals surface area contributed by atoms with Crippen LogP contribution in [-0.2, 0) is 16.6 Å². The Kier molecular flexibility index (Phi) is 8.51. The molecule has 2 N–H and O–H groups in total. The molecule has 2 amide bonds. The van der Waals surface area contributed by atoms with Gasteiger partial charge in [-0.2, -0.15) is 23.7 Å². The van der Waals surface area contributed by atoms with Crippen LogP contribution in [0.1, 0.15) is 51.9 Å². The number of sulfonamides is 1. The minimum atomic E-state index is -4.37. The van der Waals surface area contributed by atoms with Gasteiger partial charge in [-0.05, 0) is 45.4 Å². The van der Waals surface area contributed by atoms with Crippen LogP contribution in [0.2, 0.25) is 0 Å². The zero-order chi connectivity index (χ0) is 28.4. The SMILES string of the molecule is CC1=C(C#N)[C@@H](C2CCC(C#N)CC2S(=O)(=O)NCCn2ccnn2)NC(=O)N1C1CCCC(C(F)(F)F)C1. The van der Waals surface area contributed by atoms with Crippen LogP contribution in [0.5, 0.6) is 0 Å². The van der Waals surface area contributed by atoms with Crippen molar-refractivity contribution in [2.75, 3.05) is 6.54 Å². The first-order valence-corrected chi connectivity index (χ1v) is 14.5. The van der Waals surface area contributed by atoms with Crippen molar-refractivity contribution >= 4 is 16.1 Å². The smallest absolute Gasteiger partial charge is 0.330 e. The minimum absolute atomic E-state index is 0.00245. The Bertz CT molecular complexity index is 1270. The lowest BCUT2D eigenvalue weighted by molar-refractivity contribution is -0.185. The lowest BCUT2D eigenvalue weighted by Crippen LogP contribution is -2.59. The molecule has 0 bridgehead atoms. The van der Waals surface area contributed by atoms with Crippen LogP contribution in [0.4, 0.5) is 18.0 Å². The maximum atomic E-state index is 13.4. The standard InChI is InChI=1S/C24H31F3N8O3S/c1-15-20(14-29)22(32-23(36)35(15)18-4-2-3-17(12-18)24(25,26)27)19-6-5-16(13-28)11-21(19)39(37,38)31-8-10-34-9-7-30-33-34/h7,9,16-19,21-22,31H,2-6,8,10-12H2,1H3,(H,32,36)/t16?,17?,18?,19?,21?,22-/m1/s1. The summed E-state index contributed by atoms with van der Waals surface area (Å²) in [7, 11) is -3.99. The highest BCUT2D eigenvalue weighted by Gasteiger charge is 2.49. The molecular weight excluding hydrogens is 537 g/mol. The summed E-state index contributed by atoms with van der Waals surface area (Å²) < 4.78 is 71.2. The first-order valence-electron chi connectivity index (χ1n) is 13.0. The summed E-state index contributed by atoms with van der Waals surface area (Å²) in [5.74, 6) is -2.74. The van der Waals surface area contributed by atoms with Gasteiger partial charge < -0.3 is 5.32 Å². The molecule has 3 aliphatic rings. The fraction of sp³-hybridized carbons (Fsp3) is 0.708. The Hall–Kier alpha value is -3.17. The maximum Gasteiger partial charge on any atom is 0.391 e. The van der Waals surface area contributed by atoms with Gasteiger partial charge in [-0.25, -0.2) is 17.9 Å². The van der Waals surface area contributed by atoms with Crippen LogP contribution in [0.15, 0.2) is 23.7 Å². The molecule has 39 heavy (non-hydrogen) atoms. The van der Waals surface area contributed by atoms with Gasteiger partial charge in [0.25, 0.3) is 0 Å². The number of aromatic nitrogens is 3. The van der Waals surface area contributed by atoms with Crippen molar-refractivity contribution in [3.05, 3.63) is 23.7 Å². The lowest BCUT2D eigenvalue weighted by Gasteiger charge is -2.45. The highest BCUT2D eigenvalue weighted by atomic mass is 32.2. The van der Waals surface area contributed by atoms with E-state index in [1.165, 1.54) is 22.7 Å². The molecule has 0 spiro atoms. The highest BCUT2D eigenvalue weighted by molar-refractivity contribution is 7.90. The number of carbonyl (C=O) groups is 1. The summed E-state index contributed by atoms with van der Waals surface area (Å²) in [6, 6.07) is 1.93. The van der Waals surface area contributed by atoms with E-state index in [0.717, 1.165) is 0 Å². The summed E-state index contributed by atoms with van der Waals surface area (Å²) in [4.78, 5) is 14.6. The number of nitriles is 2. The van der Waals surface area contributed by atoms with Gasteiger partial charge >= 0.3 is 12.2 Å². The Balaban J connectivity index is 1.59. The van der Waals surface area contributed by atoms with Crippen molar-refractivity contribution in [2.45, 2.75) is 81.9 Å². The number of rotatable bonds is 7. The molecule has 15 heteroatoms. The third-order valence-corrected chi connectivity index (χ3v) is 10.1. The first kappa shape index (κ1) is 28.8. The van der Waals surface area contributed by atoms with Crippen LogP contribution in [0, 0.1) is 40.4 Å². The Morgan fingerprint density at radius 3 is 2.62 bits per heavy atom. The van der Waals surface area contributed by atoms with Gasteiger partial charge in [0.05, 0.1) is 47.7 Å². The van der Waals surface area contributed by atoms with E-state index in [0.29, 0.717) is 19.3 Å². The van der Waals surface area contributed by atoms with Crippen molar-refractivity contribution in [2.24, 2.45) is 17.8 Å². The molecule has 2 aliphatic carbocycles. The predicted octanol–water partition coefficient (Wildman–Crippen LogP) is 2.82. The average molecular weight is 569 g/mol. The van der Waals surface area contributed by atoms with Crippen LogP contribution in [-0.4, -0.2) is 64.4 Å². The first-order chi connectivity index (χ1) is 18.5. The molecule has 0 radical (unpaired) electrons. The summed E-state index contributed by atoms with van der Waals surface area (Å²) in [5, 5.41) is 28.8. The largest absolute Gasteiger partial charge is 0.391 e. The van der Waals surface area contributed by atoms with Gasteiger partial charge in [-0.15, -0.1) is 5.10 Å². The quantitative estimate of drug-likeness (QED) is 0.512. The van der Waals surface area contributed by atoms with E-state index in [1.807, 2.05) is 0 Å². The molecule has 0 aromatic carbocycles. The topological polar surface area (TPSA) is 157 Å². The van der Waals surface area contributed by atoms with E-state index in [4.69, 9.17) is 0 Å². The zero-order valence-electron chi connectivity index (χ0n) is 21.4. The van der Waals surface area contributed by atoms with Gasteiger partial charge in [-0.3, -0.25) is 9.58 Å². The molecule has 212 valence electrons. The number of nitrogens with zero attached hydrogens (tertiary/aromatic N) is 6. The number of nitrogens with one attached hydrogen (secondary N) is 2. The molecule has 5 unspecified atom stereocenters. The molecule has 1 aromatic heterocycles. The second-order valence-electron chi connectivity index (χ2n) is 10.4. The number of hydrogen-bond donors (Lipinski definition) is 2. The number of alkyl halides is 3. The Labute approximate surface area is 225 Å². The second kappa shape index (κ2) is 11.5. The maximum absolute atomic E-state index is 13.4. The molecule has 2 fully saturated rings. The summed E-state index contributed by atoms with van der Waals surface area (Å²) in [5.41, 5.74) is 0.378. The van der Waals surface area contributed by atoms with Crippen molar-refractivity contribution in [1.29, 1.82) is 10.5 Å². The lowest BCUT2D eigenvalue weighted by atomic mass is 9.75. The number of amides is 2. The molecule has 4 rings (SSSR count). The van der Waals surface area contributed by atoms with Crippen molar-refractivity contribution in [3.63, 3.8) is 0 Å². The molecule has 1 aliphatic heterocycles. The van der Waals surface area contributed by atoms with Gasteiger partial charge in [0.15, 0.2) is 0 Å². The third-order valence-electron chi connectivity index (χ3n) is 8.12. The summed E-state index contributed by atoms with van der Waals surface area (Å²) >= 11 is 0. The molecule has 11 nitrogen and oxygen atoms in total. The van der Waals surface area contributed by atoms with E-state index in [9.17, 15) is 36.9 Å². The zero-order valence-corrected chi connectivity index (χ0v) is 22.2. The average Bonchev–Trinajstić information content (AvgIpc) is 3.41. The van der Waals surface area contributed by atoms with E-state index in [-0.39, 0.29) is 50.0 Å². The molecule has 2 heterocycles. The predicted molar refractivity (Wildman–Crippen MR) is 131 cm³/mol. The van der Waals surface area contributed by atoms with Gasteiger partial charge in [0.2, 0.25) is 10.0 Å². The number of carbonyl (C=O) groups excluding carboxylic acids is 1. The van der Waals surface area contributed by atoms with Gasteiger partial charge in [-0.1, -0.05) is 11.6 Å². The van der Waals surface area contributed by atoms with E-state index < -0.39 is 57.3 Å². The summed E-state index contributed by atoms with van der Waals surface area (Å²) in [6.07, 6.45) is -0.193. The molecular formula is C24H31F3N8O3S. The number of urea groups is 1. The van der Waals surface area contributed by atoms with Gasteiger partial charge in [0.1, 0.15) is 0 Å². The highest BCUT2D eigenvalue weighted by Crippen LogP contribution is 2.42. The second-order valence-corrected chi connectivity index (χ2v) is 12.4. The number of halogens is 3. The number of hydrogen-bond acceptors (Lipinski definition) is 7.